The Morgan fingerprint density at radius 1 is 1.18 bits per heavy atom. The third kappa shape index (κ3) is 4.06. The van der Waals surface area contributed by atoms with Crippen molar-refractivity contribution in [3.8, 4) is 0 Å². The van der Waals surface area contributed by atoms with E-state index in [9.17, 15) is 24.5 Å². The summed E-state index contributed by atoms with van der Waals surface area (Å²) >= 11 is 0. The number of Topliss-reactive ketones (excluding diaryl/α,β-unsaturated/α-hetero) is 1. The summed E-state index contributed by atoms with van der Waals surface area (Å²) in [6.07, 6.45) is -1.05. The third-order valence-electron chi connectivity index (χ3n) is 4.53. The van der Waals surface area contributed by atoms with Crippen LogP contribution in [0.25, 0.3) is 0 Å². The minimum atomic E-state index is -0.975. The maximum absolute atomic E-state index is 12.4. The summed E-state index contributed by atoms with van der Waals surface area (Å²) in [6, 6.07) is 14.1. The molecular weight excluding hydrogens is 364 g/mol. The number of nitro benzene ring substituents is 1. The molecule has 1 fully saturated rings. The average molecular weight is 382 g/mol. The zero-order valence-corrected chi connectivity index (χ0v) is 15.1. The lowest BCUT2D eigenvalue weighted by atomic mass is 10.1. The van der Waals surface area contributed by atoms with Crippen molar-refractivity contribution in [1.29, 1.82) is 0 Å². The molecule has 0 aliphatic carbocycles. The van der Waals surface area contributed by atoms with E-state index < -0.39 is 22.9 Å². The highest BCUT2D eigenvalue weighted by Crippen LogP contribution is 2.28. The highest BCUT2D eigenvalue weighted by molar-refractivity contribution is 6.02. The quantitative estimate of drug-likeness (QED) is 0.329. The fourth-order valence-electron chi connectivity index (χ4n) is 3.05. The Labute approximate surface area is 160 Å². The standard InChI is InChI=1S/C20H18N2O6/c1-13(19(24)14-6-3-2-4-7-14)28-20(25)15-10-18(23)21(12-15)16-8-5-9-17(11-16)22(26)27/h2-9,11,13,15H,10,12H2,1H3/t13-,15-/m0/s1. The topological polar surface area (TPSA) is 107 Å². The van der Waals surface area contributed by atoms with Crippen molar-refractivity contribution >= 4 is 29.0 Å². The first-order valence-corrected chi connectivity index (χ1v) is 8.71. The fourth-order valence-corrected chi connectivity index (χ4v) is 3.05. The largest absolute Gasteiger partial charge is 0.454 e. The minimum Gasteiger partial charge on any atom is -0.454 e. The molecule has 144 valence electrons. The number of ether oxygens (including phenoxy) is 1. The molecule has 0 saturated carbocycles. The van der Waals surface area contributed by atoms with Gasteiger partial charge in [-0.3, -0.25) is 24.5 Å². The molecule has 2 atom stereocenters. The van der Waals surface area contributed by atoms with Crippen molar-refractivity contribution in [1.82, 2.24) is 0 Å². The van der Waals surface area contributed by atoms with Crippen molar-refractivity contribution in [2.45, 2.75) is 19.4 Å². The number of amides is 1. The zero-order chi connectivity index (χ0) is 20.3. The van der Waals surface area contributed by atoms with Crippen LogP contribution < -0.4 is 4.90 Å². The minimum absolute atomic E-state index is 0.0467. The predicted molar refractivity (Wildman–Crippen MR) is 99.9 cm³/mol. The summed E-state index contributed by atoms with van der Waals surface area (Å²) in [5.41, 5.74) is 0.643. The summed E-state index contributed by atoms with van der Waals surface area (Å²) in [7, 11) is 0. The lowest BCUT2D eigenvalue weighted by molar-refractivity contribution is -0.384. The van der Waals surface area contributed by atoms with E-state index in [1.54, 1.807) is 36.4 Å². The van der Waals surface area contributed by atoms with E-state index in [4.69, 9.17) is 4.74 Å². The lowest BCUT2D eigenvalue weighted by Crippen LogP contribution is -2.30. The van der Waals surface area contributed by atoms with Gasteiger partial charge in [0.05, 0.1) is 16.5 Å². The monoisotopic (exact) mass is 382 g/mol. The second kappa shape index (κ2) is 7.99. The number of non-ortho nitro benzene ring substituents is 1. The van der Waals surface area contributed by atoms with Crippen LogP contribution in [0.1, 0.15) is 23.7 Å². The smallest absolute Gasteiger partial charge is 0.312 e. The Hall–Kier alpha value is -3.55. The molecule has 1 saturated heterocycles. The zero-order valence-electron chi connectivity index (χ0n) is 15.1. The Morgan fingerprint density at radius 3 is 2.57 bits per heavy atom. The van der Waals surface area contributed by atoms with Crippen LogP contribution in [-0.4, -0.2) is 35.2 Å². The molecule has 0 aromatic heterocycles. The summed E-state index contributed by atoms with van der Waals surface area (Å²) in [5, 5.41) is 10.9. The average Bonchev–Trinajstić information content (AvgIpc) is 3.10. The molecule has 3 rings (SSSR count). The number of esters is 1. The lowest BCUT2D eigenvalue weighted by Gasteiger charge is -2.17. The number of hydrogen-bond acceptors (Lipinski definition) is 6. The van der Waals surface area contributed by atoms with Gasteiger partial charge >= 0.3 is 5.97 Å². The number of anilines is 1. The number of carbonyl (C=O) groups is 3. The van der Waals surface area contributed by atoms with E-state index in [2.05, 4.69) is 0 Å². The molecule has 28 heavy (non-hydrogen) atoms. The Balaban J connectivity index is 1.66. The van der Waals surface area contributed by atoms with E-state index >= 15 is 0 Å². The summed E-state index contributed by atoms with van der Waals surface area (Å²) < 4.78 is 5.27. The molecular formula is C20H18N2O6. The van der Waals surface area contributed by atoms with E-state index in [0.717, 1.165) is 0 Å². The Kier molecular flexibility index (Phi) is 5.49. The SMILES string of the molecule is C[C@H](OC(=O)[C@H]1CC(=O)N(c2cccc([N+](=O)[O-])c2)C1)C(=O)c1ccccc1. The van der Waals surface area contributed by atoms with Crippen LogP contribution in [0, 0.1) is 16.0 Å². The van der Waals surface area contributed by atoms with Crippen LogP contribution in [0.3, 0.4) is 0 Å². The van der Waals surface area contributed by atoms with Crippen LogP contribution in [0.15, 0.2) is 54.6 Å². The molecule has 2 aromatic rings. The molecule has 8 heteroatoms. The summed E-state index contributed by atoms with van der Waals surface area (Å²) in [4.78, 5) is 48.7. The van der Waals surface area contributed by atoms with E-state index in [1.165, 1.54) is 30.0 Å². The van der Waals surface area contributed by atoms with Crippen molar-refractivity contribution in [3.05, 3.63) is 70.3 Å². The number of ketones is 1. The molecule has 1 aliphatic heterocycles. The van der Waals surface area contributed by atoms with Crippen molar-refractivity contribution in [2.75, 3.05) is 11.4 Å². The maximum Gasteiger partial charge on any atom is 0.312 e. The first-order valence-electron chi connectivity index (χ1n) is 8.71. The first-order chi connectivity index (χ1) is 13.4. The molecule has 0 radical (unpaired) electrons. The van der Waals surface area contributed by atoms with Gasteiger partial charge in [0.15, 0.2) is 6.10 Å². The van der Waals surface area contributed by atoms with Gasteiger partial charge in [-0.1, -0.05) is 36.4 Å². The molecule has 0 unspecified atom stereocenters. The van der Waals surface area contributed by atoms with Crippen molar-refractivity contribution < 1.29 is 24.0 Å². The number of nitrogens with zero attached hydrogens (tertiary/aromatic N) is 2. The Bertz CT molecular complexity index is 927. The van der Waals surface area contributed by atoms with Gasteiger partial charge in [-0.2, -0.15) is 0 Å². The first kappa shape index (κ1) is 19.2. The van der Waals surface area contributed by atoms with Gasteiger partial charge in [0.25, 0.3) is 5.69 Å². The van der Waals surface area contributed by atoms with Gasteiger partial charge in [-0.25, -0.2) is 0 Å². The van der Waals surface area contributed by atoms with Gasteiger partial charge < -0.3 is 9.64 Å². The van der Waals surface area contributed by atoms with Crippen molar-refractivity contribution in [3.63, 3.8) is 0 Å². The molecule has 1 amide bonds. The number of hydrogen-bond donors (Lipinski definition) is 0. The van der Waals surface area contributed by atoms with Crippen LogP contribution in [0.4, 0.5) is 11.4 Å². The van der Waals surface area contributed by atoms with E-state index in [0.29, 0.717) is 11.3 Å². The second-order valence-electron chi connectivity index (χ2n) is 6.49. The normalized spacial score (nSPS) is 17.2. The molecule has 0 spiro atoms. The number of nitro groups is 1. The van der Waals surface area contributed by atoms with E-state index in [-0.39, 0.29) is 30.3 Å². The van der Waals surface area contributed by atoms with Crippen LogP contribution >= 0.6 is 0 Å². The second-order valence-corrected chi connectivity index (χ2v) is 6.49. The number of rotatable bonds is 6. The van der Waals surface area contributed by atoms with Gasteiger partial charge in [0, 0.05) is 30.7 Å². The predicted octanol–water partition coefficient (Wildman–Crippen LogP) is 2.76. The van der Waals surface area contributed by atoms with Crippen LogP contribution in [0.2, 0.25) is 0 Å². The molecule has 1 heterocycles. The third-order valence-corrected chi connectivity index (χ3v) is 4.53. The highest BCUT2D eigenvalue weighted by atomic mass is 16.6. The molecule has 1 aliphatic rings. The number of carbonyl (C=O) groups excluding carboxylic acids is 3. The highest BCUT2D eigenvalue weighted by Gasteiger charge is 2.37. The summed E-state index contributed by atoms with van der Waals surface area (Å²) in [5.74, 6) is -2.03. The molecule has 0 N–H and O–H groups in total. The van der Waals surface area contributed by atoms with Gasteiger partial charge in [-0.05, 0) is 13.0 Å². The summed E-state index contributed by atoms with van der Waals surface area (Å²) in [6.45, 7) is 1.54. The van der Waals surface area contributed by atoms with Crippen LogP contribution in [-0.2, 0) is 14.3 Å². The van der Waals surface area contributed by atoms with Crippen LogP contribution in [0.5, 0.6) is 0 Å². The maximum atomic E-state index is 12.4. The molecule has 2 aromatic carbocycles. The van der Waals surface area contributed by atoms with Crippen molar-refractivity contribution in [2.24, 2.45) is 5.92 Å². The fraction of sp³-hybridized carbons (Fsp3) is 0.250. The number of benzene rings is 2. The van der Waals surface area contributed by atoms with E-state index in [1.807, 2.05) is 0 Å². The van der Waals surface area contributed by atoms with Gasteiger partial charge in [0.1, 0.15) is 0 Å². The van der Waals surface area contributed by atoms with Gasteiger partial charge in [-0.15, -0.1) is 0 Å². The molecule has 8 nitrogen and oxygen atoms in total. The van der Waals surface area contributed by atoms with Gasteiger partial charge in [0.2, 0.25) is 11.7 Å². The Morgan fingerprint density at radius 2 is 1.89 bits per heavy atom. The molecule has 0 bridgehead atoms.